The predicted molar refractivity (Wildman–Crippen MR) is 137 cm³/mol. The van der Waals surface area contributed by atoms with Gasteiger partial charge in [0.1, 0.15) is 12.1 Å². The van der Waals surface area contributed by atoms with E-state index in [0.29, 0.717) is 36.0 Å². The molecule has 3 N–H and O–H groups in total. The Morgan fingerprint density at radius 1 is 1.18 bits per heavy atom. The minimum Gasteiger partial charge on any atom is -0.368 e. The van der Waals surface area contributed by atoms with E-state index in [9.17, 15) is 13.2 Å². The van der Waals surface area contributed by atoms with E-state index in [-0.39, 0.29) is 0 Å². The largest absolute Gasteiger partial charge is 0.368 e. The summed E-state index contributed by atoms with van der Waals surface area (Å²) in [6.07, 6.45) is 5.83. The maximum atomic E-state index is 12.4. The molecule has 1 aliphatic heterocycles. The summed E-state index contributed by atoms with van der Waals surface area (Å²) in [7, 11) is -3.30. The van der Waals surface area contributed by atoms with Gasteiger partial charge >= 0.3 is 6.03 Å². The number of nitrogens with one attached hydrogen (secondary N) is 3. The lowest BCUT2D eigenvalue weighted by molar-refractivity contribution is 0.262. The summed E-state index contributed by atoms with van der Waals surface area (Å²) in [4.78, 5) is 26.3. The van der Waals surface area contributed by atoms with Crippen molar-refractivity contribution in [3.05, 3.63) is 52.6 Å². The van der Waals surface area contributed by atoms with Crippen LogP contribution in [-0.4, -0.2) is 48.7 Å². The Bertz CT molecular complexity index is 1470. The van der Waals surface area contributed by atoms with E-state index in [4.69, 9.17) is 0 Å². The molecule has 13 heteroatoms. The predicted octanol–water partition coefficient (Wildman–Crippen LogP) is 3.77. The number of nitrogens with zero attached hydrogens (tertiary/aromatic N) is 4. The fourth-order valence-corrected chi connectivity index (χ4v) is 6.33. The molecule has 0 bridgehead atoms. The third kappa shape index (κ3) is 4.81. The number of carbonyl (C=O) groups is 1. The Labute approximate surface area is 204 Å². The molecule has 176 valence electrons. The van der Waals surface area contributed by atoms with Gasteiger partial charge in [0.2, 0.25) is 10.0 Å². The number of benzene rings is 1. The van der Waals surface area contributed by atoms with Crippen molar-refractivity contribution in [1.82, 2.24) is 15.0 Å². The van der Waals surface area contributed by atoms with Crippen LogP contribution in [0.15, 0.2) is 42.2 Å². The highest BCUT2D eigenvalue weighted by atomic mass is 32.2. The van der Waals surface area contributed by atoms with E-state index in [1.807, 2.05) is 11.4 Å². The molecule has 10 nitrogen and oxygen atoms in total. The number of thiazole rings is 1. The fraction of sp³-hybridized carbons (Fsp3) is 0.238. The van der Waals surface area contributed by atoms with Crippen LogP contribution in [0.5, 0.6) is 0 Å². The maximum Gasteiger partial charge on any atom is 0.325 e. The Hall–Kier alpha value is -3.29. The van der Waals surface area contributed by atoms with Crippen molar-refractivity contribution in [2.75, 3.05) is 39.6 Å². The molecule has 1 aliphatic rings. The van der Waals surface area contributed by atoms with Crippen molar-refractivity contribution < 1.29 is 13.2 Å². The normalized spacial score (nSPS) is 13.1. The van der Waals surface area contributed by atoms with Gasteiger partial charge in [-0.3, -0.25) is 9.62 Å². The summed E-state index contributed by atoms with van der Waals surface area (Å²) in [5.74, 6) is 0.816. The van der Waals surface area contributed by atoms with Gasteiger partial charge in [-0.2, -0.15) is 0 Å². The first-order valence-electron chi connectivity index (χ1n) is 10.4. The number of aromatic nitrogens is 3. The van der Waals surface area contributed by atoms with Crippen LogP contribution in [0.4, 0.5) is 27.1 Å². The second kappa shape index (κ2) is 9.16. The molecule has 4 heterocycles. The first-order valence-corrected chi connectivity index (χ1v) is 14.0. The van der Waals surface area contributed by atoms with E-state index < -0.39 is 16.1 Å². The molecule has 0 saturated heterocycles. The van der Waals surface area contributed by atoms with Gasteiger partial charge in [-0.1, -0.05) is 0 Å². The van der Waals surface area contributed by atoms with Gasteiger partial charge in [-0.25, -0.2) is 28.2 Å². The third-order valence-corrected chi connectivity index (χ3v) is 8.33. The van der Waals surface area contributed by atoms with Crippen molar-refractivity contribution >= 4 is 71.3 Å². The number of hydrogen-bond acceptors (Lipinski definition) is 9. The zero-order valence-electron chi connectivity index (χ0n) is 18.1. The van der Waals surface area contributed by atoms with E-state index in [2.05, 4.69) is 30.9 Å². The quantitative estimate of drug-likeness (QED) is 0.342. The molecule has 0 unspecified atom stereocenters. The summed E-state index contributed by atoms with van der Waals surface area (Å²) >= 11 is 3.01. The van der Waals surface area contributed by atoms with Crippen LogP contribution in [0.2, 0.25) is 0 Å². The summed E-state index contributed by atoms with van der Waals surface area (Å²) in [6.45, 7) is 1.09. The van der Waals surface area contributed by atoms with Crippen molar-refractivity contribution in [1.29, 1.82) is 0 Å². The summed E-state index contributed by atoms with van der Waals surface area (Å²) in [5, 5.41) is 11.4. The number of amides is 2. The lowest BCUT2D eigenvalue weighted by Crippen LogP contribution is -2.27. The molecule has 0 fully saturated rings. The molecular formula is C21H21N7O3S3. The first-order chi connectivity index (χ1) is 16.4. The van der Waals surface area contributed by atoms with Gasteiger partial charge in [0, 0.05) is 36.3 Å². The van der Waals surface area contributed by atoms with Gasteiger partial charge in [0.05, 0.1) is 22.2 Å². The van der Waals surface area contributed by atoms with Gasteiger partial charge in [-0.05, 0) is 41.6 Å². The Kier molecular flexibility index (Phi) is 6.06. The van der Waals surface area contributed by atoms with Crippen LogP contribution in [-0.2, 0) is 22.9 Å². The molecule has 0 spiro atoms. The number of thiophene rings is 1. The molecule has 2 amide bonds. The summed E-state index contributed by atoms with van der Waals surface area (Å²) in [5.41, 5.74) is 3.07. The standard InChI is InChI=1S/C21H21N7O3S3/c1-34(30,31)28-8-5-13-10-14(2-3-17(13)28)26-20(29)27-21-23-11-15(33-21)4-7-22-19-18-16(6-9-32-18)24-12-25-19/h2-3,6,9-12H,4-5,7-8H2,1H3,(H,22,24,25)(H2,23,26,27,29). The third-order valence-electron chi connectivity index (χ3n) is 5.27. The van der Waals surface area contributed by atoms with Crippen molar-refractivity contribution in [2.24, 2.45) is 0 Å². The average molecular weight is 516 g/mol. The van der Waals surface area contributed by atoms with Crippen LogP contribution >= 0.6 is 22.7 Å². The van der Waals surface area contributed by atoms with E-state index in [1.165, 1.54) is 21.9 Å². The first kappa shape index (κ1) is 22.5. The average Bonchev–Trinajstić information content (AvgIpc) is 3.52. The number of carbonyl (C=O) groups excluding carboxylic acids is 1. The zero-order valence-corrected chi connectivity index (χ0v) is 20.6. The topological polar surface area (TPSA) is 129 Å². The lowest BCUT2D eigenvalue weighted by Gasteiger charge is -2.16. The Morgan fingerprint density at radius 2 is 2.06 bits per heavy atom. The van der Waals surface area contributed by atoms with Gasteiger partial charge in [0.15, 0.2) is 5.13 Å². The number of fused-ring (bicyclic) bond motifs is 2. The number of sulfonamides is 1. The highest BCUT2D eigenvalue weighted by Crippen LogP contribution is 2.32. The molecule has 0 atom stereocenters. The monoisotopic (exact) mass is 515 g/mol. The van der Waals surface area contributed by atoms with Gasteiger partial charge in [0.25, 0.3) is 0 Å². The van der Waals surface area contributed by atoms with Crippen LogP contribution in [0, 0.1) is 0 Å². The second-order valence-corrected chi connectivity index (χ2v) is 11.6. The fourth-order valence-electron chi connectivity index (χ4n) is 3.75. The minimum atomic E-state index is -3.30. The van der Waals surface area contributed by atoms with E-state index >= 15 is 0 Å². The zero-order chi connectivity index (χ0) is 23.7. The molecular weight excluding hydrogens is 494 g/mol. The van der Waals surface area contributed by atoms with Crippen LogP contribution in [0.3, 0.4) is 0 Å². The number of urea groups is 1. The molecule has 4 aromatic rings. The molecule has 0 aliphatic carbocycles. The number of anilines is 4. The van der Waals surface area contributed by atoms with Crippen LogP contribution < -0.4 is 20.3 Å². The second-order valence-electron chi connectivity index (χ2n) is 7.67. The van der Waals surface area contributed by atoms with Crippen LogP contribution in [0.1, 0.15) is 10.4 Å². The van der Waals surface area contributed by atoms with E-state index in [1.54, 1.807) is 42.1 Å². The smallest absolute Gasteiger partial charge is 0.325 e. The summed E-state index contributed by atoms with van der Waals surface area (Å²) in [6, 6.07) is 6.77. The highest BCUT2D eigenvalue weighted by Gasteiger charge is 2.26. The SMILES string of the molecule is CS(=O)(=O)N1CCc2cc(NC(=O)Nc3ncc(CCNc4ncnc5ccsc45)s3)ccc21. The van der Waals surface area contributed by atoms with Crippen LogP contribution in [0.25, 0.3) is 10.2 Å². The Balaban J connectivity index is 1.14. The molecule has 5 rings (SSSR count). The maximum absolute atomic E-state index is 12.4. The Morgan fingerprint density at radius 3 is 2.91 bits per heavy atom. The molecule has 1 aromatic carbocycles. The van der Waals surface area contributed by atoms with Crippen molar-refractivity contribution in [2.45, 2.75) is 12.8 Å². The lowest BCUT2D eigenvalue weighted by atomic mass is 10.1. The van der Waals surface area contributed by atoms with Gasteiger partial charge in [-0.15, -0.1) is 22.7 Å². The molecule has 3 aromatic heterocycles. The van der Waals surface area contributed by atoms with Crippen molar-refractivity contribution in [3.8, 4) is 0 Å². The van der Waals surface area contributed by atoms with E-state index in [0.717, 1.165) is 32.9 Å². The van der Waals surface area contributed by atoms with Gasteiger partial charge < -0.3 is 10.6 Å². The highest BCUT2D eigenvalue weighted by molar-refractivity contribution is 7.92. The molecule has 0 radical (unpaired) electrons. The molecule has 0 saturated carbocycles. The number of rotatable bonds is 7. The molecule has 34 heavy (non-hydrogen) atoms. The number of hydrogen-bond donors (Lipinski definition) is 3. The van der Waals surface area contributed by atoms with Crippen molar-refractivity contribution in [3.63, 3.8) is 0 Å². The summed E-state index contributed by atoms with van der Waals surface area (Å²) < 4.78 is 26.2. The minimum absolute atomic E-state index is 0.405.